The first-order chi connectivity index (χ1) is 23.0. The average molecular weight is 629 g/mol. The normalized spacial score (nSPS) is 18.0. The van der Waals surface area contributed by atoms with Gasteiger partial charge in [-0.1, -0.05) is 49.4 Å². The van der Waals surface area contributed by atoms with Crippen LogP contribution in [0.3, 0.4) is 0 Å². The molecule has 2 saturated carbocycles. The van der Waals surface area contributed by atoms with Gasteiger partial charge in [-0.2, -0.15) is 5.10 Å². The SMILES string of the molecule is C[C@@H](CN=Cc1c(N)cccc1-c1nc(-c2cc3cn(CCN4CCOCC4)nc3nc2C2CC2)n(C)c1C1CC1)c1ccccc1. The molecule has 9 nitrogen and oxygen atoms in total. The van der Waals surface area contributed by atoms with Gasteiger partial charge < -0.3 is 15.0 Å². The summed E-state index contributed by atoms with van der Waals surface area (Å²) >= 11 is 0. The number of aliphatic imine (C=N–C) groups is 1. The molecule has 242 valence electrons. The van der Waals surface area contributed by atoms with Crippen LogP contribution in [0.1, 0.15) is 72.9 Å². The Bertz CT molecular complexity index is 1910. The molecule has 4 heterocycles. The van der Waals surface area contributed by atoms with E-state index in [2.05, 4.69) is 76.8 Å². The molecular weight excluding hydrogens is 584 g/mol. The number of benzene rings is 2. The number of anilines is 1. The Hall–Kier alpha value is -4.34. The van der Waals surface area contributed by atoms with Crippen molar-refractivity contribution in [1.82, 2.24) is 29.2 Å². The van der Waals surface area contributed by atoms with E-state index < -0.39 is 0 Å². The molecule has 1 aliphatic heterocycles. The minimum Gasteiger partial charge on any atom is -0.398 e. The lowest BCUT2D eigenvalue weighted by atomic mass is 10.00. The summed E-state index contributed by atoms with van der Waals surface area (Å²) in [6, 6.07) is 19.0. The fourth-order valence-corrected chi connectivity index (χ4v) is 6.95. The standard InChI is InChI=1S/C38H44N8O/c1-25(26-7-4-3-5-8-26)22-40-23-32-30(9-6-10-33(32)39)35-36(28-13-14-28)44(2)38(42-35)31-21-29-24-46(16-15-45-17-19-47-20-18-45)43-37(29)41-34(31)27-11-12-27/h3-10,21,23-25,27-28H,11-20,22,39H2,1-2H3/t25-/m0/s1. The molecule has 2 aromatic carbocycles. The lowest BCUT2D eigenvalue weighted by Crippen LogP contribution is -2.38. The summed E-state index contributed by atoms with van der Waals surface area (Å²) in [4.78, 5) is 18.0. The maximum Gasteiger partial charge on any atom is 0.181 e. The largest absolute Gasteiger partial charge is 0.398 e. The van der Waals surface area contributed by atoms with Crippen molar-refractivity contribution in [2.75, 3.05) is 45.1 Å². The Balaban J connectivity index is 1.15. The average Bonchev–Trinajstić information content (AvgIpc) is 4.04. The van der Waals surface area contributed by atoms with Gasteiger partial charge in [0.1, 0.15) is 5.82 Å². The van der Waals surface area contributed by atoms with Gasteiger partial charge >= 0.3 is 0 Å². The van der Waals surface area contributed by atoms with E-state index >= 15 is 0 Å². The van der Waals surface area contributed by atoms with Gasteiger partial charge in [-0.15, -0.1) is 0 Å². The van der Waals surface area contributed by atoms with Gasteiger partial charge in [0.2, 0.25) is 0 Å². The summed E-state index contributed by atoms with van der Waals surface area (Å²) in [5.74, 6) is 2.24. The van der Waals surface area contributed by atoms with Crippen molar-refractivity contribution < 1.29 is 4.74 Å². The van der Waals surface area contributed by atoms with Crippen LogP contribution in [-0.2, 0) is 18.3 Å². The summed E-state index contributed by atoms with van der Waals surface area (Å²) in [6.07, 6.45) is 8.78. The van der Waals surface area contributed by atoms with Gasteiger partial charge in [-0.05, 0) is 43.4 Å². The van der Waals surface area contributed by atoms with E-state index in [0.717, 1.165) is 103 Å². The predicted molar refractivity (Wildman–Crippen MR) is 188 cm³/mol. The monoisotopic (exact) mass is 628 g/mol. The van der Waals surface area contributed by atoms with Gasteiger partial charge in [-0.3, -0.25) is 14.6 Å². The quantitative estimate of drug-likeness (QED) is 0.134. The summed E-state index contributed by atoms with van der Waals surface area (Å²) < 4.78 is 9.91. The predicted octanol–water partition coefficient (Wildman–Crippen LogP) is 6.39. The highest BCUT2D eigenvalue weighted by Crippen LogP contribution is 2.49. The highest BCUT2D eigenvalue weighted by molar-refractivity contribution is 5.96. The van der Waals surface area contributed by atoms with Gasteiger partial charge in [0.25, 0.3) is 0 Å². The van der Waals surface area contributed by atoms with Crippen LogP contribution in [0.2, 0.25) is 0 Å². The molecule has 5 aromatic rings. The number of nitrogens with two attached hydrogens (primary N) is 1. The number of nitrogen functional groups attached to an aromatic ring is 1. The van der Waals surface area contributed by atoms with Gasteiger partial charge in [0, 0.05) is 96.8 Å². The third-order valence-electron chi connectivity index (χ3n) is 9.99. The Morgan fingerprint density at radius 2 is 1.74 bits per heavy atom. The smallest absolute Gasteiger partial charge is 0.181 e. The second kappa shape index (κ2) is 12.7. The van der Waals surface area contributed by atoms with Crippen LogP contribution < -0.4 is 5.73 Å². The topological polar surface area (TPSA) is 99.4 Å². The number of aromatic nitrogens is 5. The maximum absolute atomic E-state index is 6.64. The van der Waals surface area contributed by atoms with Crippen LogP contribution in [0.5, 0.6) is 0 Å². The Morgan fingerprint density at radius 1 is 0.957 bits per heavy atom. The Morgan fingerprint density at radius 3 is 2.51 bits per heavy atom. The van der Waals surface area contributed by atoms with Crippen molar-refractivity contribution in [2.45, 2.75) is 56.9 Å². The summed E-state index contributed by atoms with van der Waals surface area (Å²) in [7, 11) is 2.17. The van der Waals surface area contributed by atoms with Crippen molar-refractivity contribution in [3.63, 3.8) is 0 Å². The van der Waals surface area contributed by atoms with E-state index in [9.17, 15) is 0 Å². The van der Waals surface area contributed by atoms with Crippen LogP contribution in [-0.4, -0.2) is 74.8 Å². The lowest BCUT2D eigenvalue weighted by Gasteiger charge is -2.26. The van der Waals surface area contributed by atoms with Crippen molar-refractivity contribution in [1.29, 1.82) is 0 Å². The van der Waals surface area contributed by atoms with Gasteiger partial charge in [-0.25, -0.2) is 9.97 Å². The van der Waals surface area contributed by atoms with Gasteiger partial charge in [0.15, 0.2) is 5.65 Å². The Labute approximate surface area is 276 Å². The van der Waals surface area contributed by atoms with Crippen molar-refractivity contribution in [3.05, 3.63) is 83.3 Å². The molecule has 3 aliphatic rings. The number of hydrogen-bond donors (Lipinski definition) is 1. The summed E-state index contributed by atoms with van der Waals surface area (Å²) in [5, 5.41) is 5.97. The second-order valence-electron chi connectivity index (χ2n) is 13.6. The zero-order valence-electron chi connectivity index (χ0n) is 27.5. The summed E-state index contributed by atoms with van der Waals surface area (Å²) in [6.45, 7) is 8.29. The maximum atomic E-state index is 6.64. The summed E-state index contributed by atoms with van der Waals surface area (Å²) in [5.41, 5.74) is 16.0. The Kier molecular flexibility index (Phi) is 8.11. The third-order valence-corrected chi connectivity index (χ3v) is 9.99. The van der Waals surface area contributed by atoms with E-state index in [1.54, 1.807) is 0 Å². The lowest BCUT2D eigenvalue weighted by molar-refractivity contribution is 0.0360. The van der Waals surface area contributed by atoms with Crippen LogP contribution in [0.25, 0.3) is 33.7 Å². The third kappa shape index (κ3) is 6.22. The first kappa shape index (κ1) is 30.0. The van der Waals surface area contributed by atoms with Gasteiger partial charge in [0.05, 0.1) is 31.1 Å². The number of nitrogens with zero attached hydrogens (tertiary/aromatic N) is 7. The number of morpholine rings is 1. The molecule has 1 saturated heterocycles. The molecule has 8 rings (SSSR count). The molecule has 2 N–H and O–H groups in total. The molecule has 47 heavy (non-hydrogen) atoms. The van der Waals surface area contributed by atoms with Crippen molar-refractivity contribution in [3.8, 4) is 22.6 Å². The first-order valence-corrected chi connectivity index (χ1v) is 17.2. The molecule has 3 fully saturated rings. The van der Waals surface area contributed by atoms with Crippen LogP contribution in [0.15, 0.2) is 65.8 Å². The van der Waals surface area contributed by atoms with Crippen LogP contribution in [0, 0.1) is 0 Å². The van der Waals surface area contributed by atoms with Crippen LogP contribution >= 0.6 is 0 Å². The number of rotatable bonds is 11. The minimum absolute atomic E-state index is 0.316. The zero-order chi connectivity index (χ0) is 31.9. The molecule has 0 amide bonds. The number of imidazole rings is 1. The molecule has 3 aromatic heterocycles. The minimum atomic E-state index is 0.316. The fraction of sp³-hybridized carbons (Fsp3) is 0.421. The number of fused-ring (bicyclic) bond motifs is 1. The second-order valence-corrected chi connectivity index (χ2v) is 13.6. The molecule has 0 unspecified atom stereocenters. The molecule has 0 bridgehead atoms. The van der Waals surface area contributed by atoms with Crippen LogP contribution in [0.4, 0.5) is 5.69 Å². The molecule has 9 heteroatoms. The van der Waals surface area contributed by atoms with E-state index in [-0.39, 0.29) is 0 Å². The highest BCUT2D eigenvalue weighted by Gasteiger charge is 2.35. The van der Waals surface area contributed by atoms with E-state index in [4.69, 9.17) is 30.5 Å². The number of hydrogen-bond acceptors (Lipinski definition) is 7. The molecule has 0 spiro atoms. The molecule has 2 aliphatic carbocycles. The zero-order valence-corrected chi connectivity index (χ0v) is 27.5. The number of pyridine rings is 1. The number of ether oxygens (including phenoxy) is 1. The first-order valence-electron chi connectivity index (χ1n) is 17.2. The van der Waals surface area contributed by atoms with E-state index in [0.29, 0.717) is 24.3 Å². The molecule has 0 radical (unpaired) electrons. The fourth-order valence-electron chi connectivity index (χ4n) is 6.95. The molecule has 1 atom stereocenters. The van der Waals surface area contributed by atoms with E-state index in [1.807, 2.05) is 18.3 Å². The van der Waals surface area contributed by atoms with E-state index in [1.165, 1.54) is 24.1 Å². The molecular formula is C38H44N8O. The van der Waals surface area contributed by atoms with Crippen molar-refractivity contribution in [2.24, 2.45) is 12.0 Å². The van der Waals surface area contributed by atoms with Crippen molar-refractivity contribution >= 4 is 22.9 Å². The highest BCUT2D eigenvalue weighted by atomic mass is 16.5.